The van der Waals surface area contributed by atoms with Crippen molar-refractivity contribution in [1.29, 1.82) is 0 Å². The first kappa shape index (κ1) is 17.0. The van der Waals surface area contributed by atoms with E-state index in [1.807, 2.05) is 6.07 Å². The van der Waals surface area contributed by atoms with Crippen LogP contribution in [0.3, 0.4) is 0 Å². The number of likely N-dealkylation sites (tertiary alicyclic amines) is 1. The molecule has 2 aromatic carbocycles. The van der Waals surface area contributed by atoms with Gasteiger partial charge >= 0.3 is 0 Å². The van der Waals surface area contributed by atoms with Crippen LogP contribution in [0.15, 0.2) is 48.5 Å². The normalized spacial score (nSPS) is 16.7. The molecule has 1 aliphatic rings. The number of rotatable bonds is 5. The summed E-state index contributed by atoms with van der Waals surface area (Å²) in [5.74, 6) is -0.701. The molecule has 6 heteroatoms. The highest BCUT2D eigenvalue weighted by Gasteiger charge is 2.30. The molecule has 2 aromatic rings. The van der Waals surface area contributed by atoms with Crippen LogP contribution >= 0.6 is 0 Å². The van der Waals surface area contributed by atoms with Gasteiger partial charge in [0.15, 0.2) is 0 Å². The molecule has 2 amide bonds. The van der Waals surface area contributed by atoms with Crippen LogP contribution in [0.4, 0.5) is 4.39 Å². The molecule has 0 aromatic heterocycles. The maximum Gasteiger partial charge on any atom is 0.253 e. The Labute approximate surface area is 145 Å². The molecular weight excluding hydrogens is 323 g/mol. The lowest BCUT2D eigenvalue weighted by Crippen LogP contribution is -2.31. The molecule has 0 aliphatic carbocycles. The van der Waals surface area contributed by atoms with Crippen molar-refractivity contribution in [3.63, 3.8) is 0 Å². The van der Waals surface area contributed by atoms with E-state index >= 15 is 0 Å². The number of nitrogens with zero attached hydrogens (tertiary/aromatic N) is 1. The Kier molecular flexibility index (Phi) is 4.97. The van der Waals surface area contributed by atoms with E-state index in [0.717, 1.165) is 5.56 Å². The minimum absolute atomic E-state index is 0.128. The minimum Gasteiger partial charge on any atom is -0.489 e. The predicted octanol–water partition coefficient (Wildman–Crippen LogP) is 2.35. The quantitative estimate of drug-likeness (QED) is 0.906. The van der Waals surface area contributed by atoms with Crippen LogP contribution in [0.1, 0.15) is 22.3 Å². The summed E-state index contributed by atoms with van der Waals surface area (Å²) in [6, 6.07) is 13.0. The van der Waals surface area contributed by atoms with Gasteiger partial charge in [-0.1, -0.05) is 18.2 Å². The fourth-order valence-electron chi connectivity index (χ4n) is 2.88. The molecule has 1 saturated heterocycles. The maximum atomic E-state index is 13.2. The molecule has 130 valence electrons. The third kappa shape index (κ3) is 4.15. The summed E-state index contributed by atoms with van der Waals surface area (Å²) in [5, 5.41) is 0. The average Bonchev–Trinajstić information content (AvgIpc) is 3.10. The molecule has 1 unspecified atom stereocenters. The number of hydrogen-bond acceptors (Lipinski definition) is 3. The van der Waals surface area contributed by atoms with Crippen molar-refractivity contribution in [3.8, 4) is 5.75 Å². The van der Waals surface area contributed by atoms with Gasteiger partial charge in [0.25, 0.3) is 5.91 Å². The van der Waals surface area contributed by atoms with Crippen LogP contribution in [-0.2, 0) is 11.4 Å². The van der Waals surface area contributed by atoms with Gasteiger partial charge < -0.3 is 15.4 Å². The number of ether oxygens (including phenoxy) is 1. The molecule has 2 N–H and O–H groups in total. The number of benzene rings is 2. The van der Waals surface area contributed by atoms with Crippen LogP contribution in [0.5, 0.6) is 5.75 Å². The highest BCUT2D eigenvalue weighted by atomic mass is 19.1. The highest BCUT2D eigenvalue weighted by Crippen LogP contribution is 2.20. The smallest absolute Gasteiger partial charge is 0.253 e. The Morgan fingerprint density at radius 2 is 2.00 bits per heavy atom. The fraction of sp³-hybridized carbons (Fsp3) is 0.263. The van der Waals surface area contributed by atoms with Gasteiger partial charge in [0.05, 0.1) is 5.92 Å². The van der Waals surface area contributed by atoms with Gasteiger partial charge in [-0.3, -0.25) is 9.59 Å². The van der Waals surface area contributed by atoms with Crippen molar-refractivity contribution in [3.05, 3.63) is 65.5 Å². The molecule has 0 spiro atoms. The lowest BCUT2D eigenvalue weighted by atomic mass is 10.1. The summed E-state index contributed by atoms with van der Waals surface area (Å²) in [7, 11) is 0. The first-order valence-corrected chi connectivity index (χ1v) is 8.09. The number of amides is 2. The monoisotopic (exact) mass is 342 g/mol. The van der Waals surface area contributed by atoms with E-state index in [0.29, 0.717) is 30.8 Å². The Hall–Kier alpha value is -2.89. The van der Waals surface area contributed by atoms with Crippen molar-refractivity contribution in [1.82, 2.24) is 4.90 Å². The number of primary amides is 1. The van der Waals surface area contributed by atoms with Crippen LogP contribution < -0.4 is 10.5 Å². The molecule has 0 radical (unpaired) electrons. The van der Waals surface area contributed by atoms with Crippen molar-refractivity contribution >= 4 is 11.8 Å². The summed E-state index contributed by atoms with van der Waals surface area (Å²) in [4.78, 5) is 25.5. The first-order valence-electron chi connectivity index (χ1n) is 8.09. The molecule has 1 aliphatic heterocycles. The SMILES string of the molecule is NC(=O)C1CCN(C(=O)c2cccc(COc3cccc(F)c3)c2)C1. The van der Waals surface area contributed by atoms with Crippen molar-refractivity contribution in [2.75, 3.05) is 13.1 Å². The molecule has 25 heavy (non-hydrogen) atoms. The molecule has 1 heterocycles. The Balaban J connectivity index is 1.65. The van der Waals surface area contributed by atoms with E-state index in [2.05, 4.69) is 0 Å². The van der Waals surface area contributed by atoms with Crippen molar-refractivity contribution in [2.45, 2.75) is 13.0 Å². The van der Waals surface area contributed by atoms with Gasteiger partial charge in [0, 0.05) is 24.7 Å². The fourth-order valence-corrected chi connectivity index (χ4v) is 2.88. The van der Waals surface area contributed by atoms with E-state index in [9.17, 15) is 14.0 Å². The second kappa shape index (κ2) is 7.34. The van der Waals surface area contributed by atoms with Gasteiger partial charge in [-0.15, -0.1) is 0 Å². The minimum atomic E-state index is -0.368. The van der Waals surface area contributed by atoms with Crippen molar-refractivity contribution < 1.29 is 18.7 Å². The van der Waals surface area contributed by atoms with Crippen LogP contribution in [0, 0.1) is 11.7 Å². The Morgan fingerprint density at radius 1 is 1.20 bits per heavy atom. The van der Waals surface area contributed by atoms with Gasteiger partial charge in [-0.05, 0) is 36.2 Å². The summed E-state index contributed by atoms with van der Waals surface area (Å²) in [5.41, 5.74) is 6.65. The zero-order chi connectivity index (χ0) is 17.8. The molecule has 1 fully saturated rings. The Morgan fingerprint density at radius 3 is 2.72 bits per heavy atom. The third-order valence-electron chi connectivity index (χ3n) is 4.25. The number of halogens is 1. The van der Waals surface area contributed by atoms with E-state index in [-0.39, 0.29) is 30.2 Å². The van der Waals surface area contributed by atoms with Crippen molar-refractivity contribution in [2.24, 2.45) is 11.7 Å². The van der Waals surface area contributed by atoms with E-state index in [1.165, 1.54) is 12.1 Å². The lowest BCUT2D eigenvalue weighted by Gasteiger charge is -2.16. The zero-order valence-electron chi connectivity index (χ0n) is 13.7. The standard InChI is InChI=1S/C19H19FN2O3/c20-16-5-2-6-17(10-16)25-12-13-3-1-4-14(9-13)19(24)22-8-7-15(11-22)18(21)23/h1-6,9-10,15H,7-8,11-12H2,(H2,21,23). The summed E-state index contributed by atoms with van der Waals surface area (Å²) in [6.45, 7) is 1.11. The molecule has 0 saturated carbocycles. The number of nitrogens with two attached hydrogens (primary N) is 1. The highest BCUT2D eigenvalue weighted by molar-refractivity contribution is 5.95. The summed E-state index contributed by atoms with van der Waals surface area (Å²) < 4.78 is 18.7. The second-order valence-electron chi connectivity index (χ2n) is 6.09. The van der Waals surface area contributed by atoms with Gasteiger partial charge in [-0.25, -0.2) is 4.39 Å². The number of hydrogen-bond donors (Lipinski definition) is 1. The van der Waals surface area contributed by atoms with E-state index < -0.39 is 0 Å². The number of carbonyl (C=O) groups is 2. The van der Waals surface area contributed by atoms with E-state index in [1.54, 1.807) is 35.2 Å². The molecule has 1 atom stereocenters. The molecule has 3 rings (SSSR count). The van der Waals surface area contributed by atoms with Gasteiger partial charge in [0.1, 0.15) is 18.2 Å². The lowest BCUT2D eigenvalue weighted by molar-refractivity contribution is -0.121. The zero-order valence-corrected chi connectivity index (χ0v) is 13.7. The third-order valence-corrected chi connectivity index (χ3v) is 4.25. The average molecular weight is 342 g/mol. The summed E-state index contributed by atoms with van der Waals surface area (Å²) >= 11 is 0. The molecule has 5 nitrogen and oxygen atoms in total. The van der Waals surface area contributed by atoms with Crippen LogP contribution in [0.2, 0.25) is 0 Å². The van der Waals surface area contributed by atoms with Gasteiger partial charge in [0.2, 0.25) is 5.91 Å². The largest absolute Gasteiger partial charge is 0.489 e. The van der Waals surface area contributed by atoms with Crippen LogP contribution in [0.25, 0.3) is 0 Å². The molecular formula is C19H19FN2O3. The second-order valence-corrected chi connectivity index (χ2v) is 6.09. The predicted molar refractivity (Wildman–Crippen MR) is 90.4 cm³/mol. The number of carbonyl (C=O) groups excluding carboxylic acids is 2. The summed E-state index contributed by atoms with van der Waals surface area (Å²) in [6.07, 6.45) is 0.601. The van der Waals surface area contributed by atoms with Crippen LogP contribution in [-0.4, -0.2) is 29.8 Å². The van der Waals surface area contributed by atoms with Gasteiger partial charge in [-0.2, -0.15) is 0 Å². The maximum absolute atomic E-state index is 13.2. The Bertz CT molecular complexity index is 794. The topological polar surface area (TPSA) is 72.6 Å². The van der Waals surface area contributed by atoms with E-state index in [4.69, 9.17) is 10.5 Å². The first-order chi connectivity index (χ1) is 12.0. The molecule has 0 bridgehead atoms.